The molecule has 1 aromatic rings. The zero-order valence-electron chi connectivity index (χ0n) is 16.9. The van der Waals surface area contributed by atoms with Gasteiger partial charge >= 0.3 is 0 Å². The van der Waals surface area contributed by atoms with Gasteiger partial charge in [0.15, 0.2) is 5.96 Å². The van der Waals surface area contributed by atoms with Crippen molar-refractivity contribution in [2.75, 3.05) is 33.2 Å². The van der Waals surface area contributed by atoms with Crippen LogP contribution in [0.25, 0.3) is 0 Å². The van der Waals surface area contributed by atoms with E-state index in [0.29, 0.717) is 5.92 Å². The summed E-state index contributed by atoms with van der Waals surface area (Å²) in [5.41, 5.74) is 4.47. The Hall–Kier alpha value is -1.55. The van der Waals surface area contributed by atoms with E-state index >= 15 is 0 Å². The Morgan fingerprint density at radius 3 is 2.81 bits per heavy atom. The van der Waals surface area contributed by atoms with Crippen molar-refractivity contribution in [3.63, 3.8) is 0 Å². The molecule has 2 N–H and O–H groups in total. The zero-order valence-corrected chi connectivity index (χ0v) is 16.9. The Morgan fingerprint density at radius 2 is 2.04 bits per heavy atom. The molecule has 2 atom stereocenters. The molecule has 1 heterocycles. The monoisotopic (exact) mass is 356 g/mol. The average molecular weight is 357 g/mol. The number of likely N-dealkylation sites (tertiary alicyclic amines) is 1. The van der Waals surface area contributed by atoms with Crippen LogP contribution in [0.3, 0.4) is 0 Å². The Balaban J connectivity index is 1.62. The third-order valence-electron chi connectivity index (χ3n) is 5.80. The van der Waals surface area contributed by atoms with E-state index in [1.165, 1.54) is 57.2 Å². The number of guanidine groups is 1. The molecule has 1 aromatic carbocycles. The molecule has 1 aliphatic carbocycles. The number of benzene rings is 1. The Bertz CT molecular complexity index is 610. The molecule has 26 heavy (non-hydrogen) atoms. The summed E-state index contributed by atoms with van der Waals surface area (Å²) in [7, 11) is 2.22. The smallest absolute Gasteiger partial charge is 0.191 e. The molecule has 2 aliphatic rings. The molecule has 4 heteroatoms. The van der Waals surface area contributed by atoms with Crippen LogP contribution in [-0.2, 0) is 12.8 Å². The number of nitrogens with one attached hydrogen (secondary N) is 2. The second-order valence-electron chi connectivity index (χ2n) is 8.09. The Kier molecular flexibility index (Phi) is 6.95. The third-order valence-corrected chi connectivity index (χ3v) is 5.80. The maximum Gasteiger partial charge on any atom is 0.191 e. The van der Waals surface area contributed by atoms with Crippen molar-refractivity contribution in [2.24, 2.45) is 10.9 Å². The van der Waals surface area contributed by atoms with E-state index in [9.17, 15) is 0 Å². The summed E-state index contributed by atoms with van der Waals surface area (Å²) in [6.45, 7) is 8.59. The second-order valence-corrected chi connectivity index (χ2v) is 8.09. The summed E-state index contributed by atoms with van der Waals surface area (Å²) in [6, 6.07) is 7.31. The SMILES string of the molecule is CCNC(=NCC1CCCN(C)C1)NC(C)c1ccc2c(c1)CCCC2. The van der Waals surface area contributed by atoms with Crippen LogP contribution in [0.1, 0.15) is 62.3 Å². The summed E-state index contributed by atoms with van der Waals surface area (Å²) >= 11 is 0. The topological polar surface area (TPSA) is 39.7 Å². The molecular weight excluding hydrogens is 320 g/mol. The first-order chi connectivity index (χ1) is 12.7. The molecule has 144 valence electrons. The molecule has 0 bridgehead atoms. The van der Waals surface area contributed by atoms with E-state index in [1.807, 2.05) is 0 Å². The molecule has 0 radical (unpaired) electrons. The number of hydrogen-bond donors (Lipinski definition) is 2. The first kappa shape index (κ1) is 19.2. The van der Waals surface area contributed by atoms with E-state index in [2.05, 4.69) is 54.6 Å². The van der Waals surface area contributed by atoms with Gasteiger partial charge in [-0.05, 0) is 88.6 Å². The average Bonchev–Trinajstić information content (AvgIpc) is 2.66. The van der Waals surface area contributed by atoms with Crippen LogP contribution < -0.4 is 10.6 Å². The van der Waals surface area contributed by atoms with Crippen LogP contribution in [0, 0.1) is 5.92 Å². The van der Waals surface area contributed by atoms with Crippen LogP contribution in [0.4, 0.5) is 0 Å². The van der Waals surface area contributed by atoms with Crippen LogP contribution in [0.5, 0.6) is 0 Å². The minimum Gasteiger partial charge on any atom is -0.357 e. The summed E-state index contributed by atoms with van der Waals surface area (Å²) in [4.78, 5) is 7.32. The number of rotatable bonds is 5. The number of aryl methyl sites for hydroxylation is 2. The van der Waals surface area contributed by atoms with Gasteiger partial charge in [-0.15, -0.1) is 0 Å². The van der Waals surface area contributed by atoms with Gasteiger partial charge < -0.3 is 15.5 Å². The predicted molar refractivity (Wildman–Crippen MR) is 111 cm³/mol. The van der Waals surface area contributed by atoms with Crippen molar-refractivity contribution < 1.29 is 0 Å². The Labute approximate surface area is 159 Å². The van der Waals surface area contributed by atoms with E-state index in [1.54, 1.807) is 11.1 Å². The van der Waals surface area contributed by atoms with Gasteiger partial charge in [-0.3, -0.25) is 4.99 Å². The fourth-order valence-corrected chi connectivity index (χ4v) is 4.27. The molecule has 0 saturated carbocycles. The van der Waals surface area contributed by atoms with Crippen LogP contribution in [0.2, 0.25) is 0 Å². The van der Waals surface area contributed by atoms with Crippen molar-refractivity contribution in [1.82, 2.24) is 15.5 Å². The van der Waals surface area contributed by atoms with Gasteiger partial charge in [0.1, 0.15) is 0 Å². The van der Waals surface area contributed by atoms with Crippen LogP contribution in [0.15, 0.2) is 23.2 Å². The molecule has 0 spiro atoms. The second kappa shape index (κ2) is 9.40. The van der Waals surface area contributed by atoms with Gasteiger partial charge in [0.05, 0.1) is 6.04 Å². The number of nitrogens with zero attached hydrogens (tertiary/aromatic N) is 2. The van der Waals surface area contributed by atoms with E-state index in [4.69, 9.17) is 4.99 Å². The van der Waals surface area contributed by atoms with Crippen molar-refractivity contribution in [3.8, 4) is 0 Å². The minimum atomic E-state index is 0.272. The maximum atomic E-state index is 4.89. The first-order valence-electron chi connectivity index (χ1n) is 10.5. The predicted octanol–water partition coefficient (Wildman–Crippen LogP) is 3.52. The fourth-order valence-electron chi connectivity index (χ4n) is 4.27. The molecule has 2 unspecified atom stereocenters. The van der Waals surface area contributed by atoms with Gasteiger partial charge in [0.25, 0.3) is 0 Å². The molecule has 1 aliphatic heterocycles. The number of aliphatic imine (C=N–C) groups is 1. The van der Waals surface area contributed by atoms with Crippen molar-refractivity contribution >= 4 is 5.96 Å². The lowest BCUT2D eigenvalue weighted by Gasteiger charge is -2.29. The standard InChI is InChI=1S/C22H36N4/c1-4-23-22(24-15-18-8-7-13-26(3)16-18)25-17(2)20-12-11-19-9-5-6-10-21(19)14-20/h11-12,14,17-18H,4-10,13,15-16H2,1-3H3,(H2,23,24,25). The minimum absolute atomic E-state index is 0.272. The van der Waals surface area contributed by atoms with Crippen LogP contribution in [-0.4, -0.2) is 44.1 Å². The molecule has 4 nitrogen and oxygen atoms in total. The van der Waals surface area contributed by atoms with E-state index in [0.717, 1.165) is 19.0 Å². The highest BCUT2D eigenvalue weighted by molar-refractivity contribution is 5.80. The fraction of sp³-hybridized carbons (Fsp3) is 0.682. The molecule has 1 saturated heterocycles. The molecule has 0 aromatic heterocycles. The molecule has 1 fully saturated rings. The van der Waals surface area contributed by atoms with E-state index < -0.39 is 0 Å². The number of piperidine rings is 1. The largest absolute Gasteiger partial charge is 0.357 e. The summed E-state index contributed by atoms with van der Waals surface area (Å²) < 4.78 is 0. The highest BCUT2D eigenvalue weighted by Gasteiger charge is 2.17. The van der Waals surface area contributed by atoms with Gasteiger partial charge in [-0.25, -0.2) is 0 Å². The summed E-state index contributed by atoms with van der Waals surface area (Å²) in [6.07, 6.45) is 7.75. The molecule has 3 rings (SSSR count). The number of fused-ring (bicyclic) bond motifs is 1. The van der Waals surface area contributed by atoms with Crippen LogP contribution >= 0.6 is 0 Å². The lowest BCUT2D eigenvalue weighted by molar-refractivity contribution is 0.214. The maximum absolute atomic E-state index is 4.89. The van der Waals surface area contributed by atoms with E-state index in [-0.39, 0.29) is 6.04 Å². The lowest BCUT2D eigenvalue weighted by atomic mass is 9.89. The van der Waals surface area contributed by atoms with Crippen molar-refractivity contribution in [1.29, 1.82) is 0 Å². The highest BCUT2D eigenvalue weighted by atomic mass is 15.2. The highest BCUT2D eigenvalue weighted by Crippen LogP contribution is 2.24. The van der Waals surface area contributed by atoms with Gasteiger partial charge in [-0.1, -0.05) is 18.2 Å². The lowest BCUT2D eigenvalue weighted by Crippen LogP contribution is -2.40. The number of hydrogen-bond acceptors (Lipinski definition) is 2. The Morgan fingerprint density at radius 1 is 1.23 bits per heavy atom. The van der Waals surface area contributed by atoms with Crippen molar-refractivity contribution in [3.05, 3.63) is 34.9 Å². The molecule has 0 amide bonds. The summed E-state index contributed by atoms with van der Waals surface area (Å²) in [5, 5.41) is 7.04. The summed E-state index contributed by atoms with van der Waals surface area (Å²) in [5.74, 6) is 1.63. The first-order valence-corrected chi connectivity index (χ1v) is 10.5. The quantitative estimate of drug-likeness (QED) is 0.626. The third kappa shape index (κ3) is 5.23. The molecular formula is C22H36N4. The van der Waals surface area contributed by atoms with Gasteiger partial charge in [-0.2, -0.15) is 0 Å². The normalized spacial score (nSPS) is 22.6. The zero-order chi connectivity index (χ0) is 18.4. The van der Waals surface area contributed by atoms with Crippen molar-refractivity contribution in [2.45, 2.75) is 58.4 Å². The van der Waals surface area contributed by atoms with Gasteiger partial charge in [0.2, 0.25) is 0 Å². The van der Waals surface area contributed by atoms with Gasteiger partial charge in [0, 0.05) is 19.6 Å².